The lowest BCUT2D eigenvalue weighted by atomic mass is 10.2. The smallest absolute Gasteiger partial charge is 0.269 e. The van der Waals surface area contributed by atoms with Crippen LogP contribution in [-0.4, -0.2) is 55.6 Å². The van der Waals surface area contributed by atoms with Gasteiger partial charge in [0, 0.05) is 12.1 Å². The maximum absolute atomic E-state index is 12.4. The minimum absolute atomic E-state index is 0.148. The summed E-state index contributed by atoms with van der Waals surface area (Å²) in [6, 6.07) is 8.64. The highest BCUT2D eigenvalue weighted by Gasteiger charge is 2.21. The van der Waals surface area contributed by atoms with Crippen LogP contribution in [0.5, 0.6) is 0 Å². The Labute approximate surface area is 169 Å². The molecule has 2 heterocycles. The minimum atomic E-state index is -3.72. The van der Waals surface area contributed by atoms with Crippen molar-refractivity contribution >= 4 is 32.4 Å². The van der Waals surface area contributed by atoms with Crippen LogP contribution in [0.4, 0.5) is 5.13 Å². The zero-order chi connectivity index (χ0) is 19.8. The predicted molar refractivity (Wildman–Crippen MR) is 109 cm³/mol. The van der Waals surface area contributed by atoms with Gasteiger partial charge in [-0.2, -0.15) is 0 Å². The number of rotatable bonds is 8. The van der Waals surface area contributed by atoms with Gasteiger partial charge in [0.25, 0.3) is 15.9 Å². The van der Waals surface area contributed by atoms with Crippen LogP contribution >= 0.6 is 11.3 Å². The van der Waals surface area contributed by atoms with Crippen molar-refractivity contribution in [3.63, 3.8) is 0 Å². The highest BCUT2D eigenvalue weighted by atomic mass is 32.2. The van der Waals surface area contributed by atoms with Crippen molar-refractivity contribution in [2.75, 3.05) is 31.5 Å². The van der Waals surface area contributed by atoms with E-state index < -0.39 is 10.0 Å². The van der Waals surface area contributed by atoms with Gasteiger partial charge in [-0.15, -0.1) is 10.2 Å². The molecule has 2 N–H and O–H groups in total. The average Bonchev–Trinajstić information content (AvgIpc) is 3.02. The molecule has 0 saturated carbocycles. The van der Waals surface area contributed by atoms with E-state index in [0.717, 1.165) is 37.4 Å². The summed E-state index contributed by atoms with van der Waals surface area (Å²) in [5.41, 5.74) is 0.466. The first kappa shape index (κ1) is 20.8. The Balaban J connectivity index is 1.48. The lowest BCUT2D eigenvalue weighted by molar-refractivity contribution is 0.102. The van der Waals surface area contributed by atoms with E-state index in [9.17, 15) is 13.2 Å². The molecular weight excluding hydrogens is 398 g/mol. The van der Waals surface area contributed by atoms with Crippen molar-refractivity contribution < 1.29 is 13.2 Å². The number of nitrogens with zero attached hydrogens (tertiary/aromatic N) is 3. The van der Waals surface area contributed by atoms with E-state index in [4.69, 9.17) is 0 Å². The molecule has 152 valence electrons. The van der Waals surface area contributed by atoms with Crippen LogP contribution < -0.4 is 10.0 Å². The van der Waals surface area contributed by atoms with Gasteiger partial charge in [-0.1, -0.05) is 42.4 Å². The Hall–Kier alpha value is -1.88. The number of sulfonamides is 1. The van der Waals surface area contributed by atoms with Gasteiger partial charge in [0.05, 0.1) is 0 Å². The molecule has 1 amide bonds. The summed E-state index contributed by atoms with van der Waals surface area (Å²) in [6.45, 7) is 3.42. The number of hydrogen-bond acceptors (Lipinski definition) is 7. The highest BCUT2D eigenvalue weighted by molar-refractivity contribution is 7.91. The van der Waals surface area contributed by atoms with Crippen LogP contribution in [0.1, 0.15) is 42.5 Å². The Bertz CT molecular complexity index is 862. The van der Waals surface area contributed by atoms with Crippen LogP contribution in [0.25, 0.3) is 0 Å². The summed E-state index contributed by atoms with van der Waals surface area (Å²) in [7, 11) is -3.72. The number of hydrogen-bond donors (Lipinski definition) is 2. The van der Waals surface area contributed by atoms with Crippen LogP contribution in [0.15, 0.2) is 34.7 Å². The number of carbonyl (C=O) groups excluding carboxylic acids is 1. The van der Waals surface area contributed by atoms with Gasteiger partial charge in [-0.3, -0.25) is 10.1 Å². The van der Waals surface area contributed by atoms with E-state index >= 15 is 0 Å². The van der Waals surface area contributed by atoms with Crippen molar-refractivity contribution in [1.29, 1.82) is 0 Å². The molecule has 1 fully saturated rings. The number of aromatic nitrogens is 2. The van der Waals surface area contributed by atoms with Crippen molar-refractivity contribution in [3.05, 3.63) is 35.9 Å². The molecule has 0 aliphatic carbocycles. The molecule has 0 radical (unpaired) electrons. The van der Waals surface area contributed by atoms with Crippen LogP contribution in [0.3, 0.4) is 0 Å². The monoisotopic (exact) mass is 423 g/mol. The molecule has 0 spiro atoms. The second kappa shape index (κ2) is 10.1. The molecule has 1 aromatic heterocycles. The fourth-order valence-electron chi connectivity index (χ4n) is 3.06. The summed E-state index contributed by atoms with van der Waals surface area (Å²) in [5, 5.41) is 10.2. The Morgan fingerprint density at radius 1 is 1.07 bits per heavy atom. The SMILES string of the molecule is O=C(Nc1nnc(S(=O)(=O)NCCCN2CCCCCC2)s1)c1ccccc1. The maximum atomic E-state index is 12.4. The molecule has 28 heavy (non-hydrogen) atoms. The van der Waals surface area contributed by atoms with E-state index in [1.165, 1.54) is 25.7 Å². The van der Waals surface area contributed by atoms with Gasteiger partial charge in [0.15, 0.2) is 0 Å². The van der Waals surface area contributed by atoms with E-state index in [1.54, 1.807) is 24.3 Å². The molecule has 0 atom stereocenters. The Morgan fingerprint density at radius 2 is 1.79 bits per heavy atom. The van der Waals surface area contributed by atoms with Crippen molar-refractivity contribution in [2.24, 2.45) is 0 Å². The third kappa shape index (κ3) is 6.06. The predicted octanol–water partition coefficient (Wildman–Crippen LogP) is 2.33. The van der Waals surface area contributed by atoms with Gasteiger partial charge in [0.1, 0.15) is 0 Å². The van der Waals surface area contributed by atoms with E-state index in [-0.39, 0.29) is 15.4 Å². The second-order valence-electron chi connectivity index (χ2n) is 6.70. The molecule has 8 nitrogen and oxygen atoms in total. The molecule has 0 bridgehead atoms. The molecule has 2 aromatic rings. The van der Waals surface area contributed by atoms with E-state index in [1.807, 2.05) is 6.07 Å². The van der Waals surface area contributed by atoms with Crippen LogP contribution in [-0.2, 0) is 10.0 Å². The molecule has 1 aromatic carbocycles. The molecule has 10 heteroatoms. The standard InChI is InChI=1S/C18H25N5O3S2/c24-16(15-9-4-3-5-10-15)20-17-21-22-18(27-17)28(25,26)19-11-8-14-23-12-6-1-2-7-13-23/h3-5,9-10,19H,1-2,6-8,11-14H2,(H,20,21,24). The van der Waals surface area contributed by atoms with Gasteiger partial charge >= 0.3 is 0 Å². The fourth-order valence-corrected chi connectivity index (χ4v) is 5.07. The third-order valence-electron chi connectivity index (χ3n) is 4.53. The number of amides is 1. The fraction of sp³-hybridized carbons (Fsp3) is 0.500. The Morgan fingerprint density at radius 3 is 2.50 bits per heavy atom. The van der Waals surface area contributed by atoms with Gasteiger partial charge < -0.3 is 4.90 Å². The first-order valence-corrected chi connectivity index (χ1v) is 11.8. The zero-order valence-electron chi connectivity index (χ0n) is 15.6. The maximum Gasteiger partial charge on any atom is 0.269 e. The van der Waals surface area contributed by atoms with Crippen LogP contribution in [0.2, 0.25) is 0 Å². The molecular formula is C18H25N5O3S2. The first-order chi connectivity index (χ1) is 13.5. The first-order valence-electron chi connectivity index (χ1n) is 9.46. The summed E-state index contributed by atoms with van der Waals surface area (Å²) in [4.78, 5) is 14.5. The molecule has 1 saturated heterocycles. The number of likely N-dealkylation sites (tertiary alicyclic amines) is 1. The van der Waals surface area contributed by atoms with Crippen molar-refractivity contribution in [1.82, 2.24) is 19.8 Å². The van der Waals surface area contributed by atoms with Gasteiger partial charge in [0.2, 0.25) is 9.47 Å². The molecule has 3 rings (SSSR count). The van der Waals surface area contributed by atoms with Gasteiger partial charge in [-0.05, 0) is 51.0 Å². The summed E-state index contributed by atoms with van der Waals surface area (Å²) < 4.78 is 27.2. The normalized spacial score (nSPS) is 15.9. The number of benzene rings is 1. The topological polar surface area (TPSA) is 104 Å². The van der Waals surface area contributed by atoms with E-state index in [2.05, 4.69) is 25.1 Å². The quantitative estimate of drug-likeness (QED) is 0.499. The summed E-state index contributed by atoms with van der Waals surface area (Å²) in [6.07, 6.45) is 5.74. The number of anilines is 1. The number of carbonyl (C=O) groups is 1. The molecule has 0 unspecified atom stereocenters. The average molecular weight is 424 g/mol. The summed E-state index contributed by atoms with van der Waals surface area (Å²) in [5.74, 6) is -0.355. The highest BCUT2D eigenvalue weighted by Crippen LogP contribution is 2.20. The van der Waals surface area contributed by atoms with Gasteiger partial charge in [-0.25, -0.2) is 13.1 Å². The second-order valence-corrected chi connectivity index (χ2v) is 9.62. The Kier molecular flexibility index (Phi) is 7.49. The molecule has 1 aliphatic heterocycles. The van der Waals surface area contributed by atoms with Crippen LogP contribution in [0, 0.1) is 0 Å². The lowest BCUT2D eigenvalue weighted by Gasteiger charge is -2.19. The zero-order valence-corrected chi connectivity index (χ0v) is 17.3. The largest absolute Gasteiger partial charge is 0.303 e. The minimum Gasteiger partial charge on any atom is -0.303 e. The summed E-state index contributed by atoms with van der Waals surface area (Å²) >= 11 is 0.837. The van der Waals surface area contributed by atoms with Crippen molar-refractivity contribution in [3.8, 4) is 0 Å². The van der Waals surface area contributed by atoms with E-state index in [0.29, 0.717) is 12.1 Å². The lowest BCUT2D eigenvalue weighted by Crippen LogP contribution is -2.30. The third-order valence-corrected chi connectivity index (χ3v) is 7.20. The molecule has 1 aliphatic rings. The number of nitrogens with one attached hydrogen (secondary N) is 2. The van der Waals surface area contributed by atoms with Crippen molar-refractivity contribution in [2.45, 2.75) is 36.4 Å².